The molecule has 0 aliphatic carbocycles. The summed E-state index contributed by atoms with van der Waals surface area (Å²) in [4.78, 5) is 40.2. The lowest BCUT2D eigenvalue weighted by atomic mass is 10.0. The van der Waals surface area contributed by atoms with Gasteiger partial charge in [0, 0.05) is 12.8 Å². The first-order chi connectivity index (χ1) is 39.9. The van der Waals surface area contributed by atoms with Crippen molar-refractivity contribution in [1.29, 1.82) is 0 Å². The summed E-state index contributed by atoms with van der Waals surface area (Å²) < 4.78 is 30.4. The van der Waals surface area contributed by atoms with Crippen molar-refractivity contribution >= 4 is 19.7 Å². The second-order valence-corrected chi connectivity index (χ2v) is 27.2. The van der Waals surface area contributed by atoms with Gasteiger partial charge in [0.1, 0.15) is 19.3 Å². The Morgan fingerprint density at radius 2 is 0.744 bits per heavy atom. The van der Waals surface area contributed by atoms with E-state index in [1.807, 2.05) is 33.3 Å². The van der Waals surface area contributed by atoms with Gasteiger partial charge < -0.3 is 28.5 Å². The Hall–Kier alpha value is -1.77. The van der Waals surface area contributed by atoms with Crippen molar-refractivity contribution in [3.05, 3.63) is 36.5 Å². The molecule has 0 aromatic rings. The third-order valence-corrected chi connectivity index (χ3v) is 17.3. The standard InChI is InChI=1S/C72H139N2O7P/c1-7-10-13-16-19-22-25-28-30-32-34-35-36-37-38-39-41-42-44-46-49-52-55-58-61-64-71(75)73-69(68-80-82(77,78)79-67-66-74(4,5)6)70(63-60-57-54-51-48-27-24-21-18-15-12-9-3)81-72(76)65-62-59-56-53-50-47-45-43-40-33-31-29-26-23-20-17-14-11-8-2/h20,23,29,31,60,63,69-70H,7-19,21-22,24-28,30,32-59,61-62,64-68H2,1-6H3,(H-,73,75,77,78)/b23-20-,31-29-,63-60+. The van der Waals surface area contributed by atoms with E-state index < -0.39 is 20.0 Å². The lowest BCUT2D eigenvalue weighted by Crippen LogP contribution is -2.47. The number of carbonyl (C=O) groups excluding carboxylic acids is 2. The number of amides is 1. The molecule has 0 aliphatic heterocycles. The summed E-state index contributed by atoms with van der Waals surface area (Å²) in [7, 11) is 1.20. The van der Waals surface area contributed by atoms with Crippen LogP contribution < -0.4 is 10.2 Å². The molecule has 1 N–H and O–H groups in total. The maximum absolute atomic E-state index is 13.6. The average molecular weight is 1180 g/mol. The van der Waals surface area contributed by atoms with Crippen LogP contribution in [0.4, 0.5) is 0 Å². The second-order valence-electron chi connectivity index (χ2n) is 25.7. The van der Waals surface area contributed by atoms with Crippen molar-refractivity contribution in [3.63, 3.8) is 0 Å². The van der Waals surface area contributed by atoms with Gasteiger partial charge in [-0.25, -0.2) is 0 Å². The highest BCUT2D eigenvalue weighted by Crippen LogP contribution is 2.38. The summed E-state index contributed by atoms with van der Waals surface area (Å²) in [5.41, 5.74) is 0. The van der Waals surface area contributed by atoms with Gasteiger partial charge in [-0.2, -0.15) is 0 Å². The van der Waals surface area contributed by atoms with Gasteiger partial charge in [-0.1, -0.05) is 321 Å². The third-order valence-electron chi connectivity index (χ3n) is 16.3. The van der Waals surface area contributed by atoms with E-state index in [4.69, 9.17) is 13.8 Å². The van der Waals surface area contributed by atoms with Gasteiger partial charge in [-0.05, 0) is 63.9 Å². The van der Waals surface area contributed by atoms with Crippen LogP contribution in [0.2, 0.25) is 0 Å². The van der Waals surface area contributed by atoms with E-state index in [1.54, 1.807) is 0 Å². The van der Waals surface area contributed by atoms with Crippen LogP contribution in [0.25, 0.3) is 0 Å². The number of phosphoric acid groups is 1. The van der Waals surface area contributed by atoms with Crippen LogP contribution >= 0.6 is 7.82 Å². The molecule has 0 saturated heterocycles. The predicted octanol–water partition coefficient (Wildman–Crippen LogP) is 22.0. The minimum Gasteiger partial charge on any atom is -0.756 e. The molecule has 0 radical (unpaired) electrons. The Kier molecular flexibility index (Phi) is 60.9. The normalized spacial score (nSPS) is 13.7. The minimum atomic E-state index is -4.70. The highest BCUT2D eigenvalue weighted by molar-refractivity contribution is 7.45. The Balaban J connectivity index is 5.02. The van der Waals surface area contributed by atoms with E-state index in [-0.39, 0.29) is 31.5 Å². The highest BCUT2D eigenvalue weighted by atomic mass is 31.2. The molecule has 0 heterocycles. The van der Waals surface area contributed by atoms with Crippen LogP contribution in [-0.2, 0) is 27.9 Å². The van der Waals surface area contributed by atoms with Crippen LogP contribution in [-0.4, -0.2) is 69.4 Å². The number of likely N-dealkylation sites (N-methyl/N-ethyl adjacent to an activating group) is 1. The maximum Gasteiger partial charge on any atom is 0.306 e. The summed E-state index contributed by atoms with van der Waals surface area (Å²) in [6.45, 7) is 6.88. The smallest absolute Gasteiger partial charge is 0.306 e. The van der Waals surface area contributed by atoms with Crippen LogP contribution in [0.1, 0.15) is 361 Å². The molecule has 3 unspecified atom stereocenters. The number of unbranched alkanes of at least 4 members (excludes halogenated alkanes) is 46. The number of allylic oxidation sites excluding steroid dienone is 5. The van der Waals surface area contributed by atoms with Crippen molar-refractivity contribution in [2.45, 2.75) is 373 Å². The Morgan fingerprint density at radius 1 is 0.427 bits per heavy atom. The third kappa shape index (κ3) is 62.8. The topological polar surface area (TPSA) is 114 Å². The lowest BCUT2D eigenvalue weighted by Gasteiger charge is -2.30. The molecular formula is C72H139N2O7P. The van der Waals surface area contributed by atoms with Gasteiger partial charge in [0.2, 0.25) is 5.91 Å². The van der Waals surface area contributed by atoms with Crippen molar-refractivity contribution in [1.82, 2.24) is 5.32 Å². The Labute approximate surface area is 510 Å². The number of rotatable bonds is 66. The summed E-state index contributed by atoms with van der Waals surface area (Å²) in [5.74, 6) is -0.526. The molecule has 0 fully saturated rings. The fraction of sp³-hybridized carbons (Fsp3) is 0.889. The molecule has 484 valence electrons. The van der Waals surface area contributed by atoms with Crippen LogP contribution in [0.15, 0.2) is 36.5 Å². The molecule has 0 rings (SSSR count). The summed E-state index contributed by atoms with van der Waals surface area (Å²) in [5, 5.41) is 3.05. The SMILES string of the molecule is CCCCC/C=C\C/C=C\CCCCCCCCCCCC(=O)OC(/C=C/CCCCCCCCCCCC)C(COP(=O)([O-])OCC[N+](C)(C)C)NC(=O)CCCCCCCCCCCCCCCCCCCCCCCCCCC. The zero-order chi connectivity index (χ0) is 60.0. The van der Waals surface area contributed by atoms with Gasteiger partial charge in [-0.15, -0.1) is 0 Å². The lowest BCUT2D eigenvalue weighted by molar-refractivity contribution is -0.870. The van der Waals surface area contributed by atoms with Crippen LogP contribution in [0, 0.1) is 0 Å². The van der Waals surface area contributed by atoms with Crippen molar-refractivity contribution in [3.8, 4) is 0 Å². The van der Waals surface area contributed by atoms with E-state index in [0.717, 1.165) is 64.2 Å². The monoisotopic (exact) mass is 1180 g/mol. The number of hydrogen-bond acceptors (Lipinski definition) is 7. The first-order valence-electron chi connectivity index (χ1n) is 35.8. The predicted molar refractivity (Wildman–Crippen MR) is 353 cm³/mol. The molecule has 0 aromatic carbocycles. The summed E-state index contributed by atoms with van der Waals surface area (Å²) >= 11 is 0. The molecule has 0 saturated carbocycles. The molecule has 0 aromatic heterocycles. The Morgan fingerprint density at radius 3 is 1.12 bits per heavy atom. The van der Waals surface area contributed by atoms with Crippen molar-refractivity contribution < 1.29 is 37.3 Å². The fourth-order valence-corrected chi connectivity index (χ4v) is 11.5. The van der Waals surface area contributed by atoms with Gasteiger partial charge in [-0.3, -0.25) is 14.2 Å². The van der Waals surface area contributed by atoms with Crippen molar-refractivity contribution in [2.75, 3.05) is 40.9 Å². The van der Waals surface area contributed by atoms with E-state index in [0.29, 0.717) is 17.4 Å². The van der Waals surface area contributed by atoms with Gasteiger partial charge in [0.25, 0.3) is 7.82 Å². The van der Waals surface area contributed by atoms with Crippen LogP contribution in [0.3, 0.4) is 0 Å². The first-order valence-corrected chi connectivity index (χ1v) is 37.3. The van der Waals surface area contributed by atoms with Crippen LogP contribution in [0.5, 0.6) is 0 Å². The first kappa shape index (κ1) is 80.2. The number of phosphoric ester groups is 1. The molecule has 3 atom stereocenters. The molecule has 0 aliphatic rings. The minimum absolute atomic E-state index is 0.0202. The van der Waals surface area contributed by atoms with E-state index >= 15 is 0 Å². The van der Waals surface area contributed by atoms with Crippen molar-refractivity contribution in [2.24, 2.45) is 0 Å². The molecule has 1 amide bonds. The molecule has 0 bridgehead atoms. The zero-order valence-electron chi connectivity index (χ0n) is 55.5. The van der Waals surface area contributed by atoms with Gasteiger partial charge in [0.15, 0.2) is 0 Å². The quantitative estimate of drug-likeness (QED) is 0.0212. The molecule has 82 heavy (non-hydrogen) atoms. The van der Waals surface area contributed by atoms with Gasteiger partial charge in [0.05, 0.1) is 33.8 Å². The molecule has 9 nitrogen and oxygen atoms in total. The second kappa shape index (κ2) is 62.3. The number of quaternary nitrogens is 1. The fourth-order valence-electron chi connectivity index (χ4n) is 10.8. The highest BCUT2D eigenvalue weighted by Gasteiger charge is 2.27. The van der Waals surface area contributed by atoms with E-state index in [1.165, 1.54) is 263 Å². The number of ether oxygens (including phenoxy) is 1. The summed E-state index contributed by atoms with van der Waals surface area (Å²) in [6.07, 6.45) is 77.0. The molecule has 10 heteroatoms. The van der Waals surface area contributed by atoms with E-state index in [9.17, 15) is 19.0 Å². The zero-order valence-corrected chi connectivity index (χ0v) is 56.4. The number of hydrogen-bond donors (Lipinski definition) is 1. The number of nitrogens with one attached hydrogen (secondary N) is 1. The molecule has 0 spiro atoms. The number of nitrogens with zero attached hydrogens (tertiary/aromatic N) is 1. The number of esters is 1. The van der Waals surface area contributed by atoms with Gasteiger partial charge >= 0.3 is 5.97 Å². The van der Waals surface area contributed by atoms with E-state index in [2.05, 4.69) is 50.4 Å². The average Bonchev–Trinajstić information content (AvgIpc) is 3.44. The molecular weight excluding hydrogens is 1040 g/mol. The maximum atomic E-state index is 13.6. The largest absolute Gasteiger partial charge is 0.756 e. The summed E-state index contributed by atoms with van der Waals surface area (Å²) in [6, 6.07) is -0.887. The Bertz CT molecular complexity index is 1500. The number of carbonyl (C=O) groups is 2.